The van der Waals surface area contributed by atoms with E-state index in [0.29, 0.717) is 28.3 Å². The maximum Gasteiger partial charge on any atom is 0.266 e. The molecule has 0 radical (unpaired) electrons. The van der Waals surface area contributed by atoms with Gasteiger partial charge in [0.15, 0.2) is 0 Å². The number of amides is 1. The summed E-state index contributed by atoms with van der Waals surface area (Å²) >= 11 is 3.40. The molecular weight excluding hydrogens is 372 g/mol. The fraction of sp³-hybridized carbons (Fsp3) is 0.412. The third kappa shape index (κ3) is 2.04. The topological polar surface area (TPSA) is 93.2 Å². The van der Waals surface area contributed by atoms with Gasteiger partial charge in [0, 0.05) is 15.7 Å². The van der Waals surface area contributed by atoms with Crippen molar-refractivity contribution in [2.24, 2.45) is 0 Å². The standard InChI is InChI=1S/C17H19BrN4O2/c1-9-14(15(19)22(21-9)11-4-2-3-5-11)17(24)12-8-10(18)6-7-13(12)20-16(17)23/h6-8,11,24H,2-5,19H2,1H3,(H,20,23)/t17-/m1/s1. The normalized spacial score (nSPS) is 23.5. The Labute approximate surface area is 148 Å². The van der Waals surface area contributed by atoms with Crippen LogP contribution in [-0.2, 0) is 10.4 Å². The van der Waals surface area contributed by atoms with E-state index in [9.17, 15) is 9.90 Å². The van der Waals surface area contributed by atoms with Crippen molar-refractivity contribution in [2.45, 2.75) is 44.2 Å². The van der Waals surface area contributed by atoms with Gasteiger partial charge in [-0.3, -0.25) is 4.79 Å². The van der Waals surface area contributed by atoms with Gasteiger partial charge in [0.1, 0.15) is 5.82 Å². The van der Waals surface area contributed by atoms with Crippen LogP contribution < -0.4 is 11.1 Å². The van der Waals surface area contributed by atoms with E-state index >= 15 is 0 Å². The molecule has 1 aliphatic heterocycles. The summed E-state index contributed by atoms with van der Waals surface area (Å²) in [6, 6.07) is 5.58. The lowest BCUT2D eigenvalue weighted by atomic mass is 9.87. The van der Waals surface area contributed by atoms with Gasteiger partial charge in [-0.05, 0) is 38.0 Å². The Kier molecular flexibility index (Phi) is 3.47. The second kappa shape index (κ2) is 5.32. The zero-order valence-electron chi connectivity index (χ0n) is 13.3. The lowest BCUT2D eigenvalue weighted by Crippen LogP contribution is -2.36. The molecule has 1 atom stereocenters. The minimum absolute atomic E-state index is 0.243. The second-order valence-corrected chi connectivity index (χ2v) is 7.50. The number of aromatic nitrogens is 2. The molecule has 4 rings (SSSR count). The van der Waals surface area contributed by atoms with Crippen LogP contribution >= 0.6 is 15.9 Å². The summed E-state index contributed by atoms with van der Waals surface area (Å²) in [5.74, 6) is -0.110. The first kappa shape index (κ1) is 15.7. The number of carbonyl (C=O) groups excluding carboxylic acids is 1. The number of carbonyl (C=O) groups is 1. The number of aliphatic hydroxyl groups is 1. The predicted molar refractivity (Wildman–Crippen MR) is 94.7 cm³/mol. The van der Waals surface area contributed by atoms with Gasteiger partial charge in [0.25, 0.3) is 5.91 Å². The molecule has 4 N–H and O–H groups in total. The Morgan fingerprint density at radius 2 is 2.12 bits per heavy atom. The van der Waals surface area contributed by atoms with Crippen LogP contribution in [0.15, 0.2) is 22.7 Å². The van der Waals surface area contributed by atoms with Crippen LogP contribution in [0.4, 0.5) is 11.5 Å². The number of fused-ring (bicyclic) bond motifs is 1. The maximum atomic E-state index is 12.6. The fourth-order valence-corrected chi connectivity index (χ4v) is 4.31. The summed E-state index contributed by atoms with van der Waals surface area (Å²) in [5.41, 5.74) is 6.62. The third-order valence-electron chi connectivity index (χ3n) is 5.10. The number of nitrogen functional groups attached to an aromatic ring is 1. The van der Waals surface area contributed by atoms with Gasteiger partial charge < -0.3 is 16.2 Å². The second-order valence-electron chi connectivity index (χ2n) is 6.58. The number of rotatable bonds is 2. The van der Waals surface area contributed by atoms with Crippen molar-refractivity contribution in [1.29, 1.82) is 0 Å². The number of hydrogen-bond acceptors (Lipinski definition) is 4. The highest BCUT2D eigenvalue weighted by Crippen LogP contribution is 2.46. The highest BCUT2D eigenvalue weighted by molar-refractivity contribution is 9.10. The van der Waals surface area contributed by atoms with Crippen LogP contribution in [0.25, 0.3) is 0 Å². The average molecular weight is 391 g/mol. The molecule has 0 bridgehead atoms. The van der Waals surface area contributed by atoms with E-state index < -0.39 is 11.5 Å². The minimum atomic E-state index is -1.82. The van der Waals surface area contributed by atoms with E-state index in [0.717, 1.165) is 30.2 Å². The van der Waals surface area contributed by atoms with Gasteiger partial charge >= 0.3 is 0 Å². The molecule has 24 heavy (non-hydrogen) atoms. The molecule has 1 aromatic carbocycles. The van der Waals surface area contributed by atoms with Crippen molar-refractivity contribution in [2.75, 3.05) is 11.1 Å². The highest BCUT2D eigenvalue weighted by Gasteiger charge is 2.50. The first-order chi connectivity index (χ1) is 11.4. The summed E-state index contributed by atoms with van der Waals surface area (Å²) in [6.07, 6.45) is 4.35. The molecular formula is C17H19BrN4O2. The van der Waals surface area contributed by atoms with Crippen molar-refractivity contribution in [1.82, 2.24) is 9.78 Å². The molecule has 0 spiro atoms. The van der Waals surface area contributed by atoms with Gasteiger partial charge in [0.05, 0.1) is 17.3 Å². The number of nitrogens with one attached hydrogen (secondary N) is 1. The summed E-state index contributed by atoms with van der Waals surface area (Å²) in [6.45, 7) is 1.79. The molecule has 1 amide bonds. The van der Waals surface area contributed by atoms with Crippen LogP contribution in [0.5, 0.6) is 0 Å². The number of hydrogen-bond donors (Lipinski definition) is 3. The molecule has 7 heteroatoms. The lowest BCUT2D eigenvalue weighted by molar-refractivity contribution is -0.129. The number of anilines is 2. The quantitative estimate of drug-likeness (QED) is 0.734. The van der Waals surface area contributed by atoms with Gasteiger partial charge in [-0.25, -0.2) is 4.68 Å². The van der Waals surface area contributed by atoms with Crippen molar-refractivity contribution in [3.8, 4) is 0 Å². The highest BCUT2D eigenvalue weighted by atomic mass is 79.9. The largest absolute Gasteiger partial charge is 0.384 e. The fourth-order valence-electron chi connectivity index (χ4n) is 3.95. The lowest BCUT2D eigenvalue weighted by Gasteiger charge is -2.22. The minimum Gasteiger partial charge on any atom is -0.384 e. The van der Waals surface area contributed by atoms with Crippen molar-refractivity contribution in [3.63, 3.8) is 0 Å². The number of halogens is 1. The molecule has 2 aliphatic rings. The van der Waals surface area contributed by atoms with Crippen LogP contribution in [0.3, 0.4) is 0 Å². The van der Waals surface area contributed by atoms with E-state index in [1.165, 1.54) is 0 Å². The predicted octanol–water partition coefficient (Wildman–Crippen LogP) is 2.84. The molecule has 1 aliphatic carbocycles. The smallest absolute Gasteiger partial charge is 0.266 e. The van der Waals surface area contributed by atoms with E-state index in [4.69, 9.17) is 5.73 Å². The average Bonchev–Trinajstić information content (AvgIpc) is 3.21. The van der Waals surface area contributed by atoms with Crippen molar-refractivity contribution >= 4 is 33.3 Å². The number of benzene rings is 1. The molecule has 2 heterocycles. The van der Waals surface area contributed by atoms with E-state index in [2.05, 4.69) is 26.3 Å². The van der Waals surface area contributed by atoms with Gasteiger partial charge in [0.2, 0.25) is 5.60 Å². The van der Waals surface area contributed by atoms with E-state index in [-0.39, 0.29) is 6.04 Å². The van der Waals surface area contributed by atoms with Crippen LogP contribution in [0.2, 0.25) is 0 Å². The summed E-state index contributed by atoms with van der Waals surface area (Å²) in [5, 5.41) is 18.7. The number of aryl methyl sites for hydroxylation is 1. The van der Waals surface area contributed by atoms with Gasteiger partial charge in [-0.15, -0.1) is 0 Å². The van der Waals surface area contributed by atoms with Crippen LogP contribution in [0.1, 0.15) is 48.5 Å². The molecule has 1 fully saturated rings. The zero-order valence-corrected chi connectivity index (χ0v) is 14.9. The van der Waals surface area contributed by atoms with Crippen molar-refractivity contribution < 1.29 is 9.90 Å². The first-order valence-electron chi connectivity index (χ1n) is 8.12. The molecule has 6 nitrogen and oxygen atoms in total. The number of nitrogens with two attached hydrogens (primary N) is 1. The Balaban J connectivity index is 1.90. The third-order valence-corrected chi connectivity index (χ3v) is 5.60. The summed E-state index contributed by atoms with van der Waals surface area (Å²) in [7, 11) is 0. The summed E-state index contributed by atoms with van der Waals surface area (Å²) < 4.78 is 2.58. The Hall–Kier alpha value is -1.86. The number of nitrogens with zero attached hydrogens (tertiary/aromatic N) is 2. The Morgan fingerprint density at radius 3 is 2.83 bits per heavy atom. The first-order valence-corrected chi connectivity index (χ1v) is 8.91. The summed E-state index contributed by atoms with van der Waals surface area (Å²) in [4.78, 5) is 12.6. The molecule has 0 saturated heterocycles. The molecule has 2 aromatic rings. The van der Waals surface area contributed by atoms with E-state index in [1.54, 1.807) is 23.7 Å². The van der Waals surface area contributed by atoms with Crippen molar-refractivity contribution in [3.05, 3.63) is 39.5 Å². The van der Waals surface area contributed by atoms with Gasteiger partial charge in [-0.2, -0.15) is 5.10 Å². The van der Waals surface area contributed by atoms with Crippen LogP contribution in [-0.4, -0.2) is 20.8 Å². The molecule has 1 saturated carbocycles. The molecule has 1 aromatic heterocycles. The van der Waals surface area contributed by atoms with E-state index in [1.807, 2.05) is 6.07 Å². The molecule has 126 valence electrons. The molecule has 0 unspecified atom stereocenters. The maximum absolute atomic E-state index is 12.6. The van der Waals surface area contributed by atoms with Gasteiger partial charge in [-0.1, -0.05) is 28.8 Å². The SMILES string of the molecule is Cc1nn(C2CCCC2)c(N)c1[C@@]1(O)C(=O)Nc2ccc(Br)cc21. The van der Waals surface area contributed by atoms with Crippen LogP contribution in [0, 0.1) is 6.92 Å². The Bertz CT molecular complexity index is 841. The zero-order chi connectivity index (χ0) is 17.1. The Morgan fingerprint density at radius 1 is 1.42 bits per heavy atom. The monoisotopic (exact) mass is 390 g/mol.